The zero-order valence-corrected chi connectivity index (χ0v) is 18.7. The first-order chi connectivity index (χ1) is 15.3. The van der Waals surface area contributed by atoms with E-state index in [0.29, 0.717) is 36.5 Å². The van der Waals surface area contributed by atoms with Crippen molar-refractivity contribution >= 4 is 32.7 Å². The summed E-state index contributed by atoms with van der Waals surface area (Å²) >= 11 is 0. The maximum atomic E-state index is 13.2. The van der Waals surface area contributed by atoms with Gasteiger partial charge < -0.3 is 14.5 Å². The number of carbonyl (C=O) groups is 1. The number of sulfonamides is 1. The van der Waals surface area contributed by atoms with Gasteiger partial charge in [0.2, 0.25) is 15.9 Å². The quantitative estimate of drug-likeness (QED) is 0.582. The molecule has 1 fully saturated rings. The van der Waals surface area contributed by atoms with E-state index in [0.717, 1.165) is 12.8 Å². The Morgan fingerprint density at radius 2 is 1.91 bits per heavy atom. The highest BCUT2D eigenvalue weighted by molar-refractivity contribution is 7.89. The van der Waals surface area contributed by atoms with Crippen molar-refractivity contribution in [2.24, 2.45) is 0 Å². The number of nitrogens with one attached hydrogen (secondary N) is 1. The number of para-hydroxylation sites is 2. The maximum Gasteiger partial charge on any atom is 0.420 e. The third-order valence-corrected chi connectivity index (χ3v) is 7.40. The summed E-state index contributed by atoms with van der Waals surface area (Å²) in [7, 11) is -3.76. The molecular weight excluding hydrogens is 434 g/mol. The molecule has 1 atom stereocenters. The standard InChI is InChI=1S/C22H25N3O6S/c1-3-30-19-11-10-16(14-20(19)32(28,29)24-12-6-7-13-24)23-21(26)15(2)25-17-8-4-5-9-18(17)31-22(25)27/h4-5,8-11,14-15H,3,6-7,12-13H2,1-2H3,(H,23,26). The van der Waals surface area contributed by atoms with Crippen LogP contribution < -0.4 is 15.8 Å². The topological polar surface area (TPSA) is 111 Å². The van der Waals surface area contributed by atoms with Crippen molar-refractivity contribution < 1.29 is 22.4 Å². The lowest BCUT2D eigenvalue weighted by atomic mass is 10.2. The van der Waals surface area contributed by atoms with Crippen LogP contribution in [0.1, 0.15) is 32.7 Å². The highest BCUT2D eigenvalue weighted by atomic mass is 32.2. The molecule has 1 unspecified atom stereocenters. The lowest BCUT2D eigenvalue weighted by molar-refractivity contribution is -0.118. The number of fused-ring (bicyclic) bond motifs is 1. The van der Waals surface area contributed by atoms with Gasteiger partial charge in [0.25, 0.3) is 0 Å². The van der Waals surface area contributed by atoms with Crippen LogP contribution in [-0.2, 0) is 14.8 Å². The Labute approximate surface area is 185 Å². The number of benzene rings is 2. The number of hydrogen-bond donors (Lipinski definition) is 1. The van der Waals surface area contributed by atoms with Crippen LogP contribution in [0.4, 0.5) is 5.69 Å². The lowest BCUT2D eigenvalue weighted by Crippen LogP contribution is -2.30. The Bertz CT molecular complexity index is 1300. The summed E-state index contributed by atoms with van der Waals surface area (Å²) in [5.74, 6) is -0.882. The van der Waals surface area contributed by atoms with Gasteiger partial charge in [0.05, 0.1) is 12.1 Å². The molecule has 0 saturated carbocycles. The van der Waals surface area contributed by atoms with Gasteiger partial charge >= 0.3 is 5.76 Å². The van der Waals surface area contributed by atoms with Gasteiger partial charge in [0.15, 0.2) is 5.58 Å². The molecular formula is C22H25N3O6S. The largest absolute Gasteiger partial charge is 0.492 e. The van der Waals surface area contributed by atoms with Crippen molar-refractivity contribution in [1.82, 2.24) is 8.87 Å². The van der Waals surface area contributed by atoms with Crippen LogP contribution in [0.3, 0.4) is 0 Å². The zero-order valence-electron chi connectivity index (χ0n) is 17.9. The number of carbonyl (C=O) groups excluding carboxylic acids is 1. The highest BCUT2D eigenvalue weighted by Crippen LogP contribution is 2.32. The summed E-state index contributed by atoms with van der Waals surface area (Å²) in [6, 6.07) is 10.5. The van der Waals surface area contributed by atoms with Gasteiger partial charge in [0.1, 0.15) is 16.7 Å². The first-order valence-electron chi connectivity index (χ1n) is 10.5. The van der Waals surface area contributed by atoms with Crippen LogP contribution in [0.25, 0.3) is 11.1 Å². The average Bonchev–Trinajstić information content (AvgIpc) is 3.42. The van der Waals surface area contributed by atoms with Gasteiger partial charge in [-0.05, 0) is 57.0 Å². The molecule has 9 nitrogen and oxygen atoms in total. The molecule has 2 heterocycles. The molecule has 1 aromatic heterocycles. The van der Waals surface area contributed by atoms with Crippen LogP contribution in [0.5, 0.6) is 5.75 Å². The summed E-state index contributed by atoms with van der Waals surface area (Å²) < 4.78 is 39.7. The predicted octanol–water partition coefficient (Wildman–Crippen LogP) is 2.98. The minimum Gasteiger partial charge on any atom is -0.492 e. The van der Waals surface area contributed by atoms with Crippen LogP contribution in [-0.4, -0.2) is 42.9 Å². The second-order valence-corrected chi connectivity index (χ2v) is 9.48. The van der Waals surface area contributed by atoms with E-state index in [1.807, 2.05) is 0 Å². The number of hydrogen-bond acceptors (Lipinski definition) is 6. The van der Waals surface area contributed by atoms with E-state index < -0.39 is 27.7 Å². The van der Waals surface area contributed by atoms with Gasteiger partial charge in [0, 0.05) is 18.8 Å². The van der Waals surface area contributed by atoms with E-state index in [9.17, 15) is 18.0 Å². The van der Waals surface area contributed by atoms with Crippen LogP contribution in [0, 0.1) is 0 Å². The van der Waals surface area contributed by atoms with Gasteiger partial charge in [-0.1, -0.05) is 12.1 Å². The van der Waals surface area contributed by atoms with E-state index in [1.165, 1.54) is 21.0 Å². The van der Waals surface area contributed by atoms with Crippen LogP contribution in [0.15, 0.2) is 56.6 Å². The first-order valence-corrected chi connectivity index (χ1v) is 11.9. The molecule has 10 heteroatoms. The number of rotatable bonds is 7. The molecule has 1 saturated heterocycles. The Hall–Kier alpha value is -3.11. The third-order valence-electron chi connectivity index (χ3n) is 5.48. The Balaban J connectivity index is 1.64. The Kier molecular flexibility index (Phi) is 6.07. The van der Waals surface area contributed by atoms with Crippen molar-refractivity contribution in [2.45, 2.75) is 37.6 Å². The molecule has 0 radical (unpaired) electrons. The van der Waals surface area contributed by atoms with Crippen molar-refractivity contribution in [3.8, 4) is 5.75 Å². The van der Waals surface area contributed by atoms with Crippen molar-refractivity contribution in [3.05, 3.63) is 53.0 Å². The van der Waals surface area contributed by atoms with E-state index in [-0.39, 0.29) is 10.6 Å². The third kappa shape index (κ3) is 4.03. The molecule has 1 aliphatic rings. The zero-order chi connectivity index (χ0) is 22.9. The average molecular weight is 460 g/mol. The number of aromatic nitrogens is 1. The van der Waals surface area contributed by atoms with Crippen molar-refractivity contribution in [3.63, 3.8) is 0 Å². The number of ether oxygens (including phenoxy) is 1. The van der Waals surface area contributed by atoms with Gasteiger partial charge in [-0.15, -0.1) is 0 Å². The van der Waals surface area contributed by atoms with Gasteiger partial charge in [-0.3, -0.25) is 9.36 Å². The van der Waals surface area contributed by atoms with E-state index in [1.54, 1.807) is 44.2 Å². The molecule has 2 aromatic carbocycles. The molecule has 3 aromatic rings. The molecule has 32 heavy (non-hydrogen) atoms. The monoisotopic (exact) mass is 459 g/mol. The van der Waals surface area contributed by atoms with E-state index >= 15 is 0 Å². The number of nitrogens with zero attached hydrogens (tertiary/aromatic N) is 2. The Morgan fingerprint density at radius 1 is 1.19 bits per heavy atom. The van der Waals surface area contributed by atoms with E-state index in [4.69, 9.17) is 9.15 Å². The number of oxazole rings is 1. The number of anilines is 1. The summed E-state index contributed by atoms with van der Waals surface area (Å²) in [5, 5.41) is 2.72. The molecule has 1 aliphatic heterocycles. The first kappa shape index (κ1) is 22.1. The maximum absolute atomic E-state index is 13.2. The summed E-state index contributed by atoms with van der Waals surface area (Å²) in [5.41, 5.74) is 1.19. The second kappa shape index (κ2) is 8.79. The fraction of sp³-hybridized carbons (Fsp3) is 0.364. The molecule has 0 spiro atoms. The highest BCUT2D eigenvalue weighted by Gasteiger charge is 2.31. The molecule has 1 amide bonds. The van der Waals surface area contributed by atoms with Crippen molar-refractivity contribution in [2.75, 3.05) is 25.0 Å². The molecule has 0 bridgehead atoms. The normalized spacial score (nSPS) is 15.7. The summed E-state index contributed by atoms with van der Waals surface area (Å²) in [6.45, 7) is 4.57. The summed E-state index contributed by atoms with van der Waals surface area (Å²) in [4.78, 5) is 25.2. The molecule has 170 valence electrons. The van der Waals surface area contributed by atoms with Crippen LogP contribution >= 0.6 is 0 Å². The summed E-state index contributed by atoms with van der Waals surface area (Å²) in [6.07, 6.45) is 1.62. The SMILES string of the molecule is CCOc1ccc(NC(=O)C(C)n2c(=O)oc3ccccc32)cc1S(=O)(=O)N1CCCC1. The van der Waals surface area contributed by atoms with Crippen molar-refractivity contribution in [1.29, 1.82) is 0 Å². The van der Waals surface area contributed by atoms with Gasteiger partial charge in [-0.25, -0.2) is 13.2 Å². The fourth-order valence-electron chi connectivity index (χ4n) is 3.84. The minimum absolute atomic E-state index is 0.0117. The van der Waals surface area contributed by atoms with E-state index in [2.05, 4.69) is 5.32 Å². The predicted molar refractivity (Wildman–Crippen MR) is 119 cm³/mol. The number of amides is 1. The second-order valence-electron chi connectivity index (χ2n) is 7.58. The molecule has 4 rings (SSSR count). The molecule has 1 N–H and O–H groups in total. The fourth-order valence-corrected chi connectivity index (χ4v) is 5.52. The smallest absolute Gasteiger partial charge is 0.420 e. The molecule has 0 aliphatic carbocycles. The van der Waals surface area contributed by atoms with Crippen LogP contribution in [0.2, 0.25) is 0 Å². The Morgan fingerprint density at radius 3 is 2.62 bits per heavy atom. The lowest BCUT2D eigenvalue weighted by Gasteiger charge is -2.19. The van der Waals surface area contributed by atoms with Gasteiger partial charge in [-0.2, -0.15) is 4.31 Å². The minimum atomic E-state index is -3.76.